The summed E-state index contributed by atoms with van der Waals surface area (Å²) in [4.78, 5) is 0. The summed E-state index contributed by atoms with van der Waals surface area (Å²) in [5.41, 5.74) is 1.08. The van der Waals surface area contributed by atoms with E-state index in [1.807, 2.05) is 13.0 Å². The van der Waals surface area contributed by atoms with E-state index in [2.05, 4.69) is 6.92 Å². The Hall–Kier alpha value is -0.920. The van der Waals surface area contributed by atoms with Crippen molar-refractivity contribution in [2.45, 2.75) is 78.1 Å². The Balaban J connectivity index is 1.53. The van der Waals surface area contributed by atoms with Crippen LogP contribution in [-0.2, 0) is 12.8 Å². The molecule has 1 aromatic carbocycles. The second-order valence-corrected chi connectivity index (χ2v) is 8.37. The van der Waals surface area contributed by atoms with Crippen LogP contribution in [0.4, 0.5) is 8.78 Å². The van der Waals surface area contributed by atoms with E-state index in [9.17, 15) is 8.78 Å². The first-order valence-corrected chi connectivity index (χ1v) is 10.0. The van der Waals surface area contributed by atoms with Crippen LogP contribution < -0.4 is 0 Å². The number of rotatable bonds is 4. The summed E-state index contributed by atoms with van der Waals surface area (Å²) in [6.45, 7) is 4.25. The Labute approximate surface area is 146 Å². The molecule has 24 heavy (non-hydrogen) atoms. The first kappa shape index (κ1) is 17.9. The molecule has 2 fully saturated rings. The normalized spacial score (nSPS) is 31.2. The molecule has 0 atom stereocenters. The van der Waals surface area contributed by atoms with Crippen molar-refractivity contribution in [2.75, 3.05) is 0 Å². The molecular weight excluding hydrogens is 302 g/mol. The van der Waals surface area contributed by atoms with E-state index in [1.54, 1.807) is 6.07 Å². The van der Waals surface area contributed by atoms with Gasteiger partial charge in [0.25, 0.3) is 0 Å². The standard InChI is InChI=1S/C22H32F2/c1-3-17-12-13-20(22(24)21(17)23)14-16-6-10-19(11-7-16)18-8-4-15(2)5-9-18/h12-13,15-16,18-19H,3-11,14H2,1-2H3. The third-order valence-electron chi connectivity index (χ3n) is 6.75. The van der Waals surface area contributed by atoms with Crippen molar-refractivity contribution >= 4 is 0 Å². The van der Waals surface area contributed by atoms with Crippen LogP contribution in [0.15, 0.2) is 12.1 Å². The highest BCUT2D eigenvalue weighted by Gasteiger charge is 2.30. The quantitative estimate of drug-likeness (QED) is 0.574. The van der Waals surface area contributed by atoms with Crippen molar-refractivity contribution in [1.29, 1.82) is 0 Å². The number of hydrogen-bond donors (Lipinski definition) is 0. The summed E-state index contributed by atoms with van der Waals surface area (Å²) in [7, 11) is 0. The molecule has 0 amide bonds. The Kier molecular flexibility index (Phi) is 5.94. The van der Waals surface area contributed by atoms with Gasteiger partial charge in [0.1, 0.15) is 0 Å². The third kappa shape index (κ3) is 4.00. The summed E-state index contributed by atoms with van der Waals surface area (Å²) in [5, 5.41) is 0. The van der Waals surface area contributed by atoms with Gasteiger partial charge in [-0.2, -0.15) is 0 Å². The van der Waals surface area contributed by atoms with Crippen LogP contribution in [-0.4, -0.2) is 0 Å². The molecule has 3 rings (SSSR count). The van der Waals surface area contributed by atoms with Gasteiger partial charge in [0.15, 0.2) is 11.6 Å². The molecule has 0 heterocycles. The zero-order valence-corrected chi connectivity index (χ0v) is 15.3. The van der Waals surface area contributed by atoms with Gasteiger partial charge in [-0.05, 0) is 86.2 Å². The predicted octanol–water partition coefficient (Wildman–Crippen LogP) is 6.70. The number of halogens is 2. The lowest BCUT2D eigenvalue weighted by Crippen LogP contribution is -2.26. The largest absolute Gasteiger partial charge is 0.203 e. The smallest absolute Gasteiger partial charge is 0.162 e. The van der Waals surface area contributed by atoms with Gasteiger partial charge >= 0.3 is 0 Å². The molecule has 2 saturated carbocycles. The summed E-state index contributed by atoms with van der Waals surface area (Å²) in [6, 6.07) is 3.58. The molecule has 0 nitrogen and oxygen atoms in total. The molecule has 0 aliphatic heterocycles. The van der Waals surface area contributed by atoms with Crippen LogP contribution in [0.5, 0.6) is 0 Å². The fraction of sp³-hybridized carbons (Fsp3) is 0.727. The van der Waals surface area contributed by atoms with Crippen molar-refractivity contribution in [1.82, 2.24) is 0 Å². The topological polar surface area (TPSA) is 0 Å². The first-order valence-electron chi connectivity index (χ1n) is 10.0. The van der Waals surface area contributed by atoms with Gasteiger partial charge in [-0.25, -0.2) is 8.78 Å². The molecule has 2 heteroatoms. The summed E-state index contributed by atoms with van der Waals surface area (Å²) < 4.78 is 28.2. The molecule has 0 aromatic heterocycles. The van der Waals surface area contributed by atoms with E-state index in [-0.39, 0.29) is 0 Å². The minimum atomic E-state index is -0.625. The number of benzene rings is 1. The Morgan fingerprint density at radius 3 is 1.88 bits per heavy atom. The number of aryl methyl sites for hydroxylation is 1. The maximum absolute atomic E-state index is 14.2. The van der Waals surface area contributed by atoms with Crippen molar-refractivity contribution in [3.63, 3.8) is 0 Å². The molecule has 134 valence electrons. The average molecular weight is 334 g/mol. The monoisotopic (exact) mass is 334 g/mol. The molecule has 0 saturated heterocycles. The van der Waals surface area contributed by atoms with E-state index in [0.717, 1.165) is 17.8 Å². The minimum Gasteiger partial charge on any atom is -0.203 e. The first-order chi connectivity index (χ1) is 11.6. The zero-order valence-electron chi connectivity index (χ0n) is 15.3. The van der Waals surface area contributed by atoms with Gasteiger partial charge in [-0.1, -0.05) is 38.8 Å². The van der Waals surface area contributed by atoms with E-state index in [4.69, 9.17) is 0 Å². The minimum absolute atomic E-state index is 0.492. The highest BCUT2D eigenvalue weighted by molar-refractivity contribution is 5.26. The van der Waals surface area contributed by atoms with E-state index >= 15 is 0 Å². The van der Waals surface area contributed by atoms with Crippen LogP contribution in [0, 0.1) is 35.3 Å². The maximum Gasteiger partial charge on any atom is 0.162 e. The summed E-state index contributed by atoms with van der Waals surface area (Å²) in [5.74, 6) is 2.04. The van der Waals surface area contributed by atoms with Crippen LogP contribution in [0.1, 0.15) is 76.3 Å². The maximum atomic E-state index is 14.2. The van der Waals surface area contributed by atoms with Crippen molar-refractivity contribution in [3.8, 4) is 0 Å². The second kappa shape index (κ2) is 7.97. The van der Waals surface area contributed by atoms with E-state index in [1.165, 1.54) is 51.4 Å². The Bertz CT molecular complexity index is 535. The third-order valence-corrected chi connectivity index (χ3v) is 6.75. The second-order valence-electron chi connectivity index (χ2n) is 8.37. The highest BCUT2D eigenvalue weighted by atomic mass is 19.2. The molecule has 1 aromatic rings. The molecule has 0 unspecified atom stereocenters. The fourth-order valence-corrected chi connectivity index (χ4v) is 4.99. The van der Waals surface area contributed by atoms with Crippen LogP contribution in [0.25, 0.3) is 0 Å². The van der Waals surface area contributed by atoms with Crippen LogP contribution in [0.3, 0.4) is 0 Å². The summed E-state index contributed by atoms with van der Waals surface area (Å²) >= 11 is 0. The van der Waals surface area contributed by atoms with E-state index in [0.29, 0.717) is 29.9 Å². The molecule has 0 bridgehead atoms. The van der Waals surface area contributed by atoms with Crippen molar-refractivity contribution < 1.29 is 8.78 Å². The van der Waals surface area contributed by atoms with Crippen molar-refractivity contribution in [3.05, 3.63) is 34.9 Å². The molecular formula is C22H32F2. The van der Waals surface area contributed by atoms with Gasteiger partial charge < -0.3 is 0 Å². The lowest BCUT2D eigenvalue weighted by atomic mass is 9.69. The van der Waals surface area contributed by atoms with Gasteiger partial charge in [-0.3, -0.25) is 0 Å². The van der Waals surface area contributed by atoms with Gasteiger partial charge in [0.05, 0.1) is 0 Å². The lowest BCUT2D eigenvalue weighted by Gasteiger charge is -2.37. The van der Waals surface area contributed by atoms with Crippen LogP contribution >= 0.6 is 0 Å². The molecule has 2 aliphatic carbocycles. The van der Waals surface area contributed by atoms with Gasteiger partial charge in [-0.15, -0.1) is 0 Å². The fourth-order valence-electron chi connectivity index (χ4n) is 4.99. The highest BCUT2D eigenvalue weighted by Crippen LogP contribution is 2.42. The average Bonchev–Trinajstić information content (AvgIpc) is 2.61. The molecule has 0 spiro atoms. The summed E-state index contributed by atoms with van der Waals surface area (Å²) in [6.07, 6.45) is 11.8. The zero-order chi connectivity index (χ0) is 17.1. The lowest BCUT2D eigenvalue weighted by molar-refractivity contribution is 0.150. The Morgan fingerprint density at radius 1 is 0.792 bits per heavy atom. The molecule has 2 aliphatic rings. The molecule has 0 radical (unpaired) electrons. The van der Waals surface area contributed by atoms with Gasteiger partial charge in [0, 0.05) is 0 Å². The van der Waals surface area contributed by atoms with Crippen molar-refractivity contribution in [2.24, 2.45) is 23.7 Å². The Morgan fingerprint density at radius 2 is 1.29 bits per heavy atom. The number of hydrogen-bond acceptors (Lipinski definition) is 0. The SMILES string of the molecule is CCc1ccc(CC2CCC(C3CCC(C)CC3)CC2)c(F)c1F. The molecule has 0 N–H and O–H groups in total. The predicted molar refractivity (Wildman–Crippen MR) is 96.0 cm³/mol. The van der Waals surface area contributed by atoms with E-state index < -0.39 is 11.6 Å². The van der Waals surface area contributed by atoms with Crippen LogP contribution in [0.2, 0.25) is 0 Å². The van der Waals surface area contributed by atoms with Gasteiger partial charge in [0.2, 0.25) is 0 Å².